The van der Waals surface area contributed by atoms with Crippen LogP contribution in [0.25, 0.3) is 0 Å². The Bertz CT molecular complexity index is 482. The van der Waals surface area contributed by atoms with Crippen molar-refractivity contribution < 1.29 is 0 Å². The van der Waals surface area contributed by atoms with Crippen molar-refractivity contribution in [2.45, 2.75) is 25.8 Å². The first-order valence-corrected chi connectivity index (χ1v) is 6.27. The van der Waals surface area contributed by atoms with Crippen molar-refractivity contribution in [1.29, 1.82) is 0 Å². The molecule has 0 aliphatic rings. The highest BCUT2D eigenvalue weighted by Crippen LogP contribution is 2.11. The lowest BCUT2D eigenvalue weighted by Crippen LogP contribution is -2.17. The zero-order valence-electron chi connectivity index (χ0n) is 10.6. The van der Waals surface area contributed by atoms with Crippen LogP contribution in [0.2, 0.25) is 0 Å². The Morgan fingerprint density at radius 3 is 2.61 bits per heavy atom. The summed E-state index contributed by atoms with van der Waals surface area (Å²) >= 11 is 0. The first-order chi connectivity index (χ1) is 8.74. The largest absolute Gasteiger partial charge is 0.384 e. The molecule has 1 heterocycles. The number of aromatic nitrogens is 1. The molecule has 0 bridgehead atoms. The molecule has 2 aromatic rings. The van der Waals surface area contributed by atoms with Crippen LogP contribution in [0.5, 0.6) is 0 Å². The van der Waals surface area contributed by atoms with Crippen LogP contribution in [0, 0.1) is 0 Å². The number of pyridine rings is 1. The fourth-order valence-corrected chi connectivity index (χ4v) is 1.88. The SMILES string of the molecule is CC(CCc1ccccc1)Nc1cccc(N)n1. The van der Waals surface area contributed by atoms with Crippen molar-refractivity contribution in [3.05, 3.63) is 54.1 Å². The van der Waals surface area contributed by atoms with Crippen molar-refractivity contribution in [3.63, 3.8) is 0 Å². The van der Waals surface area contributed by atoms with Gasteiger partial charge in [-0.3, -0.25) is 0 Å². The number of benzene rings is 1. The van der Waals surface area contributed by atoms with Crippen LogP contribution >= 0.6 is 0 Å². The Hall–Kier alpha value is -2.03. The monoisotopic (exact) mass is 241 g/mol. The van der Waals surface area contributed by atoms with Crippen LogP contribution in [0.4, 0.5) is 11.6 Å². The lowest BCUT2D eigenvalue weighted by Gasteiger charge is -2.14. The van der Waals surface area contributed by atoms with Gasteiger partial charge in [-0.1, -0.05) is 36.4 Å². The number of hydrogen-bond donors (Lipinski definition) is 2. The second kappa shape index (κ2) is 6.05. The van der Waals surface area contributed by atoms with Crippen molar-refractivity contribution >= 4 is 11.6 Å². The number of anilines is 2. The molecule has 94 valence electrons. The number of hydrogen-bond acceptors (Lipinski definition) is 3. The number of nitrogens with zero attached hydrogens (tertiary/aromatic N) is 1. The smallest absolute Gasteiger partial charge is 0.128 e. The molecule has 1 atom stereocenters. The predicted octanol–water partition coefficient (Wildman–Crippen LogP) is 3.10. The molecule has 0 radical (unpaired) electrons. The van der Waals surface area contributed by atoms with E-state index in [9.17, 15) is 0 Å². The van der Waals surface area contributed by atoms with Crippen LogP contribution in [0.3, 0.4) is 0 Å². The fraction of sp³-hybridized carbons (Fsp3) is 0.267. The van der Waals surface area contributed by atoms with E-state index in [4.69, 9.17) is 5.73 Å². The highest BCUT2D eigenvalue weighted by molar-refractivity contribution is 5.42. The van der Waals surface area contributed by atoms with Gasteiger partial charge in [0.15, 0.2) is 0 Å². The molecule has 3 N–H and O–H groups in total. The lowest BCUT2D eigenvalue weighted by atomic mass is 10.1. The maximum absolute atomic E-state index is 5.65. The van der Waals surface area contributed by atoms with Crippen molar-refractivity contribution in [3.8, 4) is 0 Å². The first kappa shape index (κ1) is 12.4. The third-order valence-corrected chi connectivity index (χ3v) is 2.87. The van der Waals surface area contributed by atoms with Gasteiger partial charge in [0, 0.05) is 6.04 Å². The highest BCUT2D eigenvalue weighted by atomic mass is 15.0. The highest BCUT2D eigenvalue weighted by Gasteiger charge is 2.03. The van der Waals surface area contributed by atoms with Gasteiger partial charge in [-0.2, -0.15) is 0 Å². The molecule has 18 heavy (non-hydrogen) atoms. The number of nitrogens with two attached hydrogens (primary N) is 1. The van der Waals surface area contributed by atoms with Gasteiger partial charge in [0.2, 0.25) is 0 Å². The Labute approximate surface area is 108 Å². The van der Waals surface area contributed by atoms with Crippen LogP contribution in [-0.2, 0) is 6.42 Å². The Balaban J connectivity index is 1.84. The first-order valence-electron chi connectivity index (χ1n) is 6.27. The molecule has 0 fully saturated rings. The standard InChI is InChI=1S/C15H19N3/c1-12(10-11-13-6-3-2-4-7-13)17-15-9-5-8-14(16)18-15/h2-9,12H,10-11H2,1H3,(H3,16,17,18). The molecule has 0 aliphatic carbocycles. The molecular formula is C15H19N3. The van der Waals surface area contributed by atoms with Crippen LogP contribution in [0.15, 0.2) is 48.5 Å². The summed E-state index contributed by atoms with van der Waals surface area (Å²) in [5, 5.41) is 3.36. The third kappa shape index (κ3) is 3.77. The van der Waals surface area contributed by atoms with Crippen LogP contribution < -0.4 is 11.1 Å². The Morgan fingerprint density at radius 2 is 1.89 bits per heavy atom. The van der Waals surface area contributed by atoms with Gasteiger partial charge < -0.3 is 11.1 Å². The minimum absolute atomic E-state index is 0.375. The molecule has 1 unspecified atom stereocenters. The number of nitrogen functional groups attached to an aromatic ring is 1. The zero-order chi connectivity index (χ0) is 12.8. The molecule has 0 saturated heterocycles. The van der Waals surface area contributed by atoms with E-state index in [1.165, 1.54) is 5.56 Å². The van der Waals surface area contributed by atoms with E-state index in [1.54, 1.807) is 6.07 Å². The van der Waals surface area contributed by atoms with Crippen molar-refractivity contribution in [1.82, 2.24) is 4.98 Å². The average molecular weight is 241 g/mol. The summed E-state index contributed by atoms with van der Waals surface area (Å²) in [6.07, 6.45) is 2.14. The molecular weight excluding hydrogens is 222 g/mol. The van der Waals surface area contributed by atoms with E-state index in [0.717, 1.165) is 18.7 Å². The Kier molecular flexibility index (Phi) is 4.18. The minimum atomic E-state index is 0.375. The molecule has 0 amide bonds. The molecule has 1 aromatic heterocycles. The van der Waals surface area contributed by atoms with Gasteiger partial charge in [-0.15, -0.1) is 0 Å². The van der Waals surface area contributed by atoms with Crippen LogP contribution in [0.1, 0.15) is 18.9 Å². The third-order valence-electron chi connectivity index (χ3n) is 2.87. The van der Waals surface area contributed by atoms with E-state index in [1.807, 2.05) is 18.2 Å². The molecule has 0 spiro atoms. The van der Waals surface area contributed by atoms with Gasteiger partial charge in [-0.05, 0) is 37.5 Å². The number of aryl methyl sites for hydroxylation is 1. The van der Waals surface area contributed by atoms with Gasteiger partial charge >= 0.3 is 0 Å². The van der Waals surface area contributed by atoms with Gasteiger partial charge in [0.25, 0.3) is 0 Å². The number of nitrogens with one attached hydrogen (secondary N) is 1. The van der Waals surface area contributed by atoms with E-state index in [0.29, 0.717) is 11.9 Å². The lowest BCUT2D eigenvalue weighted by molar-refractivity contribution is 0.703. The molecule has 0 saturated carbocycles. The van der Waals surface area contributed by atoms with Gasteiger partial charge in [-0.25, -0.2) is 4.98 Å². The van der Waals surface area contributed by atoms with Gasteiger partial charge in [0.1, 0.15) is 11.6 Å². The van der Waals surface area contributed by atoms with Crippen LogP contribution in [-0.4, -0.2) is 11.0 Å². The van der Waals surface area contributed by atoms with E-state index in [-0.39, 0.29) is 0 Å². The average Bonchev–Trinajstić information content (AvgIpc) is 2.38. The van der Waals surface area contributed by atoms with Crippen molar-refractivity contribution in [2.24, 2.45) is 0 Å². The molecule has 1 aromatic carbocycles. The second-order valence-corrected chi connectivity index (χ2v) is 4.52. The predicted molar refractivity (Wildman–Crippen MR) is 76.5 cm³/mol. The zero-order valence-corrected chi connectivity index (χ0v) is 10.6. The summed E-state index contributed by atoms with van der Waals surface area (Å²) in [5.74, 6) is 1.39. The number of rotatable bonds is 5. The van der Waals surface area contributed by atoms with E-state index >= 15 is 0 Å². The normalized spacial score (nSPS) is 12.1. The minimum Gasteiger partial charge on any atom is -0.384 e. The molecule has 3 nitrogen and oxygen atoms in total. The maximum Gasteiger partial charge on any atom is 0.128 e. The maximum atomic E-state index is 5.65. The summed E-state index contributed by atoms with van der Waals surface area (Å²) < 4.78 is 0. The summed E-state index contributed by atoms with van der Waals surface area (Å²) in [7, 11) is 0. The molecule has 3 heteroatoms. The van der Waals surface area contributed by atoms with E-state index in [2.05, 4.69) is 41.5 Å². The quantitative estimate of drug-likeness (QED) is 0.845. The summed E-state index contributed by atoms with van der Waals surface area (Å²) in [6.45, 7) is 2.16. The Morgan fingerprint density at radius 1 is 1.11 bits per heavy atom. The van der Waals surface area contributed by atoms with Gasteiger partial charge in [0.05, 0.1) is 0 Å². The topological polar surface area (TPSA) is 50.9 Å². The fourth-order valence-electron chi connectivity index (χ4n) is 1.88. The summed E-state index contributed by atoms with van der Waals surface area (Å²) in [6, 6.07) is 16.5. The van der Waals surface area contributed by atoms with Crippen molar-refractivity contribution in [2.75, 3.05) is 11.1 Å². The summed E-state index contributed by atoms with van der Waals surface area (Å²) in [4.78, 5) is 4.23. The molecule has 0 aliphatic heterocycles. The second-order valence-electron chi connectivity index (χ2n) is 4.52. The van der Waals surface area contributed by atoms with E-state index < -0.39 is 0 Å². The molecule has 2 rings (SSSR count). The summed E-state index contributed by atoms with van der Waals surface area (Å²) in [5.41, 5.74) is 7.02.